The van der Waals surface area contributed by atoms with Crippen molar-refractivity contribution in [2.24, 2.45) is 0 Å². The van der Waals surface area contributed by atoms with Crippen LogP contribution in [-0.2, 0) is 0 Å². The first-order chi connectivity index (χ1) is 11.3. The van der Waals surface area contributed by atoms with Crippen LogP contribution in [0.15, 0.2) is 0 Å². The van der Waals surface area contributed by atoms with Crippen molar-refractivity contribution < 1.29 is 19.6 Å². The van der Waals surface area contributed by atoms with Gasteiger partial charge in [-0.2, -0.15) is 0 Å². The first-order valence-corrected chi connectivity index (χ1v) is 8.49. The molecule has 0 saturated heterocycles. The van der Waals surface area contributed by atoms with E-state index < -0.39 is 35.0 Å². The summed E-state index contributed by atoms with van der Waals surface area (Å²) in [5, 5.41) is 45.9. The summed E-state index contributed by atoms with van der Waals surface area (Å²) in [5.41, 5.74) is 0. The maximum atomic E-state index is 12.2. The number of nitro groups is 2. The normalized spacial score (nSPS) is 14.8. The molecule has 0 saturated carbocycles. The molecule has 0 aliphatic rings. The van der Waals surface area contributed by atoms with Crippen molar-refractivity contribution in [2.45, 2.75) is 77.3 Å². The molecule has 2 unspecified atom stereocenters. The van der Waals surface area contributed by atoms with Crippen LogP contribution < -0.4 is 0 Å². The molecule has 0 N–H and O–H groups in total. The number of hydrogen-bond acceptors (Lipinski definition) is 6. The standard InChI is InChI=1S/C14H28N4O6/c1-3-5-7-9-13(11-15(19)20)17(23)18(24)14(12-16(21)22)10-8-6-4-2/h13-14H,3-12H2,1-2H3/b18-17+. The molecule has 0 rings (SSSR count). The number of azo groups is 1. The fourth-order valence-electron chi connectivity index (χ4n) is 2.47. The summed E-state index contributed by atoms with van der Waals surface area (Å²) in [6.45, 7) is 2.62. The molecule has 10 heteroatoms. The van der Waals surface area contributed by atoms with Crippen LogP contribution in [-0.4, -0.2) is 44.7 Å². The van der Waals surface area contributed by atoms with Crippen LogP contribution in [0.1, 0.15) is 65.2 Å². The minimum Gasteiger partial charge on any atom is -0.567 e. The van der Waals surface area contributed by atoms with Crippen molar-refractivity contribution in [3.8, 4) is 0 Å². The second-order valence-electron chi connectivity index (χ2n) is 5.93. The Bertz CT molecular complexity index is 391. The molecule has 0 bridgehead atoms. The highest BCUT2D eigenvalue weighted by atomic mass is 16.6. The molecule has 0 aromatic carbocycles. The number of hydrogen-bond donors (Lipinski definition) is 0. The molecule has 0 aromatic heterocycles. The summed E-state index contributed by atoms with van der Waals surface area (Å²) in [5.74, 6) is 0. The molecule has 140 valence electrons. The quantitative estimate of drug-likeness (QED) is 0.155. The molecule has 0 amide bonds. The van der Waals surface area contributed by atoms with Gasteiger partial charge in [-0.05, 0) is 12.8 Å². The van der Waals surface area contributed by atoms with Gasteiger partial charge in [0.25, 0.3) is 25.2 Å². The number of unbranched alkanes of at least 4 members (excludes halogenated alkanes) is 4. The van der Waals surface area contributed by atoms with E-state index in [0.29, 0.717) is 12.8 Å². The van der Waals surface area contributed by atoms with Crippen LogP contribution >= 0.6 is 0 Å². The van der Waals surface area contributed by atoms with Crippen LogP contribution in [0.3, 0.4) is 0 Å². The van der Waals surface area contributed by atoms with Crippen LogP contribution in [0.4, 0.5) is 0 Å². The van der Waals surface area contributed by atoms with E-state index in [1.165, 1.54) is 0 Å². The predicted octanol–water partition coefficient (Wildman–Crippen LogP) is 2.91. The molecule has 24 heavy (non-hydrogen) atoms. The molecule has 2 atom stereocenters. The van der Waals surface area contributed by atoms with Gasteiger partial charge in [-0.3, -0.25) is 20.2 Å². The SMILES string of the molecule is CCCCCC(C[N+](=O)[O-])/[N+]([O-])=[N+](\[O-])C(CCCCC)C[N+](=O)[O-]. The van der Waals surface area contributed by atoms with E-state index in [-0.39, 0.29) is 22.6 Å². The summed E-state index contributed by atoms with van der Waals surface area (Å²) in [7, 11) is 0. The van der Waals surface area contributed by atoms with E-state index in [1.807, 2.05) is 13.8 Å². The Morgan fingerprint density at radius 1 is 0.667 bits per heavy atom. The van der Waals surface area contributed by atoms with Crippen LogP contribution in [0, 0.1) is 30.6 Å². The topological polar surface area (TPSA) is 138 Å². The average molecular weight is 348 g/mol. The van der Waals surface area contributed by atoms with Gasteiger partial charge in [0.2, 0.25) is 0 Å². The van der Waals surface area contributed by atoms with Crippen molar-refractivity contribution in [3.05, 3.63) is 30.6 Å². The van der Waals surface area contributed by atoms with E-state index in [2.05, 4.69) is 0 Å². The zero-order valence-electron chi connectivity index (χ0n) is 14.5. The van der Waals surface area contributed by atoms with Crippen molar-refractivity contribution in [2.75, 3.05) is 13.1 Å². The second kappa shape index (κ2) is 12.4. The van der Waals surface area contributed by atoms with E-state index in [0.717, 1.165) is 25.7 Å². The Labute approximate surface area is 141 Å². The van der Waals surface area contributed by atoms with E-state index in [1.54, 1.807) is 0 Å². The maximum Gasteiger partial charge on any atom is 0.292 e. The fourth-order valence-corrected chi connectivity index (χ4v) is 2.47. The van der Waals surface area contributed by atoms with Crippen molar-refractivity contribution in [3.63, 3.8) is 0 Å². The minimum absolute atomic E-state index is 0.0403. The third-order valence-corrected chi connectivity index (χ3v) is 3.82. The van der Waals surface area contributed by atoms with Gasteiger partial charge in [0.1, 0.15) is 0 Å². The van der Waals surface area contributed by atoms with E-state index in [4.69, 9.17) is 0 Å². The van der Waals surface area contributed by atoms with E-state index >= 15 is 0 Å². The third-order valence-electron chi connectivity index (χ3n) is 3.82. The lowest BCUT2D eigenvalue weighted by molar-refractivity contribution is -1.00. The van der Waals surface area contributed by atoms with E-state index in [9.17, 15) is 30.6 Å². The Hall–Kier alpha value is -2.00. The van der Waals surface area contributed by atoms with Crippen molar-refractivity contribution >= 4 is 0 Å². The largest absolute Gasteiger partial charge is 0.567 e. The zero-order chi connectivity index (χ0) is 18.5. The van der Waals surface area contributed by atoms with Gasteiger partial charge in [-0.25, -0.2) is 0 Å². The summed E-state index contributed by atoms with van der Waals surface area (Å²) in [4.78, 5) is 20.3. The lowest BCUT2D eigenvalue weighted by Gasteiger charge is -2.15. The molecular formula is C14H28N4O6. The van der Waals surface area contributed by atoms with Gasteiger partial charge in [-0.15, -0.1) is 0 Å². The Morgan fingerprint density at radius 2 is 1.00 bits per heavy atom. The van der Waals surface area contributed by atoms with Crippen molar-refractivity contribution in [1.82, 2.24) is 0 Å². The molecule has 10 nitrogen and oxygen atoms in total. The molecule has 0 fully saturated rings. The predicted molar refractivity (Wildman–Crippen MR) is 86.8 cm³/mol. The van der Waals surface area contributed by atoms with Crippen LogP contribution in [0.25, 0.3) is 0 Å². The zero-order valence-corrected chi connectivity index (χ0v) is 14.5. The van der Waals surface area contributed by atoms with Crippen LogP contribution in [0.2, 0.25) is 0 Å². The smallest absolute Gasteiger partial charge is 0.292 e. The lowest BCUT2D eigenvalue weighted by atomic mass is 10.1. The molecule has 0 heterocycles. The number of nitrogens with zero attached hydrogens (tertiary/aromatic N) is 4. The molecule has 0 spiro atoms. The molecule has 0 aliphatic carbocycles. The summed E-state index contributed by atoms with van der Waals surface area (Å²) < 4.78 is 0. The van der Waals surface area contributed by atoms with Crippen LogP contribution in [0.5, 0.6) is 0 Å². The lowest BCUT2D eigenvalue weighted by Crippen LogP contribution is -2.40. The van der Waals surface area contributed by atoms with Gasteiger partial charge in [-0.1, -0.05) is 39.5 Å². The molecule has 0 radical (unpaired) electrons. The fraction of sp³-hybridized carbons (Fsp3) is 1.00. The number of rotatable bonds is 14. The van der Waals surface area contributed by atoms with Gasteiger partial charge in [0.15, 0.2) is 0 Å². The Balaban J connectivity index is 5.19. The highest BCUT2D eigenvalue weighted by molar-refractivity contribution is 4.56. The van der Waals surface area contributed by atoms with Gasteiger partial charge in [0, 0.05) is 32.4 Å². The van der Waals surface area contributed by atoms with Crippen molar-refractivity contribution in [1.29, 1.82) is 0 Å². The number of hydroxylamine groups is 2. The average Bonchev–Trinajstić information content (AvgIpc) is 2.51. The molecule has 0 aromatic rings. The van der Waals surface area contributed by atoms with Gasteiger partial charge in [0.05, 0.1) is 0 Å². The van der Waals surface area contributed by atoms with Gasteiger partial charge >= 0.3 is 0 Å². The highest BCUT2D eigenvalue weighted by Gasteiger charge is 2.35. The third kappa shape index (κ3) is 9.21. The Morgan fingerprint density at radius 3 is 1.25 bits per heavy atom. The summed E-state index contributed by atoms with van der Waals surface area (Å²) in [6, 6.07) is -2.19. The van der Waals surface area contributed by atoms with Gasteiger partial charge < -0.3 is 10.4 Å². The minimum atomic E-state index is -1.09. The molecule has 0 aliphatic heterocycles. The Kier molecular flexibility index (Phi) is 11.4. The second-order valence-corrected chi connectivity index (χ2v) is 5.93. The highest BCUT2D eigenvalue weighted by Crippen LogP contribution is 2.11. The first-order valence-electron chi connectivity index (χ1n) is 8.49. The molecular weight excluding hydrogens is 320 g/mol. The summed E-state index contributed by atoms with van der Waals surface area (Å²) in [6.07, 6.45) is 4.99. The monoisotopic (exact) mass is 348 g/mol. The maximum absolute atomic E-state index is 12.2. The first kappa shape index (κ1) is 22.0. The summed E-state index contributed by atoms with van der Waals surface area (Å²) >= 11 is 0.